The lowest BCUT2D eigenvalue weighted by atomic mass is 10.1. The molecule has 19 heavy (non-hydrogen) atoms. The second-order valence-electron chi connectivity index (χ2n) is 4.70. The van der Waals surface area contributed by atoms with Gasteiger partial charge >= 0.3 is 5.97 Å². The van der Waals surface area contributed by atoms with Gasteiger partial charge in [-0.3, -0.25) is 4.79 Å². The van der Waals surface area contributed by atoms with Crippen molar-refractivity contribution in [3.63, 3.8) is 0 Å². The van der Waals surface area contributed by atoms with Crippen molar-refractivity contribution < 1.29 is 15.0 Å². The maximum Gasteiger partial charge on any atom is 0.303 e. The van der Waals surface area contributed by atoms with Crippen LogP contribution in [0.2, 0.25) is 0 Å². The van der Waals surface area contributed by atoms with Gasteiger partial charge in [-0.2, -0.15) is 0 Å². The fourth-order valence-corrected chi connectivity index (χ4v) is 1.66. The molecule has 3 nitrogen and oxygen atoms in total. The van der Waals surface area contributed by atoms with E-state index in [1.54, 1.807) is 0 Å². The Morgan fingerprint density at radius 2 is 2.00 bits per heavy atom. The third-order valence-electron chi connectivity index (χ3n) is 2.79. The highest BCUT2D eigenvalue weighted by molar-refractivity contribution is 5.66. The van der Waals surface area contributed by atoms with Crippen LogP contribution in [0.25, 0.3) is 0 Å². The molecule has 0 fully saturated rings. The summed E-state index contributed by atoms with van der Waals surface area (Å²) in [7, 11) is 0. The number of unbranched alkanes of at least 4 members (excludes halogenated alkanes) is 5. The summed E-state index contributed by atoms with van der Waals surface area (Å²) in [6, 6.07) is 0. The predicted molar refractivity (Wildman–Crippen MR) is 77.8 cm³/mol. The van der Waals surface area contributed by atoms with Crippen LogP contribution in [0.4, 0.5) is 0 Å². The summed E-state index contributed by atoms with van der Waals surface area (Å²) in [4.78, 5) is 10.3. The number of rotatable bonds is 10. The van der Waals surface area contributed by atoms with Crippen LogP contribution >= 0.6 is 0 Å². The van der Waals surface area contributed by atoms with Crippen molar-refractivity contribution in [2.45, 2.75) is 70.8 Å². The molecule has 0 amide bonds. The predicted octanol–water partition coefficient (Wildman–Crippen LogP) is 3.52. The lowest BCUT2D eigenvalue weighted by molar-refractivity contribution is -0.137. The van der Waals surface area contributed by atoms with E-state index in [4.69, 9.17) is 5.11 Å². The molecule has 0 aromatic carbocycles. The van der Waals surface area contributed by atoms with Gasteiger partial charge in [-0.15, -0.1) is 0 Å². The lowest BCUT2D eigenvalue weighted by Gasteiger charge is -2.01. The number of carboxylic acids is 1. The van der Waals surface area contributed by atoms with Gasteiger partial charge in [0.1, 0.15) is 6.10 Å². The molecule has 0 saturated heterocycles. The molecule has 0 heterocycles. The van der Waals surface area contributed by atoms with Gasteiger partial charge in [-0.25, -0.2) is 0 Å². The molecule has 2 N–H and O–H groups in total. The number of aliphatic carboxylic acids is 1. The monoisotopic (exact) mass is 266 g/mol. The van der Waals surface area contributed by atoms with E-state index >= 15 is 0 Å². The van der Waals surface area contributed by atoms with Crippen LogP contribution in [0.3, 0.4) is 0 Å². The summed E-state index contributed by atoms with van der Waals surface area (Å²) in [5.74, 6) is 4.87. The molecule has 0 aliphatic heterocycles. The van der Waals surface area contributed by atoms with Crippen LogP contribution in [0, 0.1) is 11.8 Å². The van der Waals surface area contributed by atoms with Gasteiger partial charge in [0.05, 0.1) is 0 Å². The van der Waals surface area contributed by atoms with E-state index in [1.807, 2.05) is 12.2 Å². The van der Waals surface area contributed by atoms with Gasteiger partial charge in [-0.1, -0.05) is 44.1 Å². The molecule has 108 valence electrons. The molecule has 0 aromatic rings. The fourth-order valence-electron chi connectivity index (χ4n) is 1.66. The van der Waals surface area contributed by atoms with Crippen LogP contribution in [0.5, 0.6) is 0 Å². The van der Waals surface area contributed by atoms with Gasteiger partial charge in [0.25, 0.3) is 0 Å². The molecule has 1 atom stereocenters. The molecule has 0 spiro atoms. The molecule has 0 aliphatic rings. The molecule has 3 heteroatoms. The van der Waals surface area contributed by atoms with Crippen LogP contribution in [-0.2, 0) is 4.79 Å². The first-order valence-corrected chi connectivity index (χ1v) is 7.22. The Morgan fingerprint density at radius 3 is 2.68 bits per heavy atom. The van der Waals surface area contributed by atoms with E-state index in [0.29, 0.717) is 12.8 Å². The highest BCUT2D eigenvalue weighted by atomic mass is 16.4. The van der Waals surface area contributed by atoms with Gasteiger partial charge in [0.2, 0.25) is 0 Å². The van der Waals surface area contributed by atoms with Crippen molar-refractivity contribution in [3.05, 3.63) is 12.2 Å². The minimum Gasteiger partial charge on any atom is -0.481 e. The Labute approximate surface area is 116 Å². The zero-order valence-corrected chi connectivity index (χ0v) is 11.9. The normalized spacial score (nSPS) is 12.1. The van der Waals surface area contributed by atoms with E-state index in [0.717, 1.165) is 19.3 Å². The average Bonchev–Trinajstić information content (AvgIpc) is 2.37. The summed E-state index contributed by atoms with van der Waals surface area (Å²) in [5.41, 5.74) is 0. The van der Waals surface area contributed by atoms with Crippen LogP contribution in [-0.4, -0.2) is 22.3 Å². The SMILES string of the molecule is CCCCC/C=C/C#CC(O)CCCCCC(=O)O. The molecule has 0 bridgehead atoms. The van der Waals surface area contributed by atoms with Crippen LogP contribution < -0.4 is 0 Å². The molecule has 0 aromatic heterocycles. The Bertz CT molecular complexity index is 310. The van der Waals surface area contributed by atoms with E-state index in [-0.39, 0.29) is 6.42 Å². The number of hydrogen-bond donors (Lipinski definition) is 2. The lowest BCUT2D eigenvalue weighted by Crippen LogP contribution is -2.02. The summed E-state index contributed by atoms with van der Waals surface area (Å²) in [6.45, 7) is 2.18. The molecular weight excluding hydrogens is 240 g/mol. The molecular formula is C16H26O3. The number of hydrogen-bond acceptors (Lipinski definition) is 2. The van der Waals surface area contributed by atoms with Gasteiger partial charge in [-0.05, 0) is 38.2 Å². The van der Waals surface area contributed by atoms with Crippen LogP contribution in [0.15, 0.2) is 12.2 Å². The molecule has 1 unspecified atom stereocenters. The van der Waals surface area contributed by atoms with E-state index in [1.165, 1.54) is 19.3 Å². The fraction of sp³-hybridized carbons (Fsp3) is 0.688. The third-order valence-corrected chi connectivity index (χ3v) is 2.79. The molecule has 0 aliphatic carbocycles. The maximum absolute atomic E-state index is 10.3. The summed E-state index contributed by atoms with van der Waals surface area (Å²) < 4.78 is 0. The first-order chi connectivity index (χ1) is 9.16. The van der Waals surface area contributed by atoms with E-state index < -0.39 is 12.1 Å². The first kappa shape index (κ1) is 17.7. The molecule has 0 saturated carbocycles. The number of allylic oxidation sites excluding steroid dienone is 2. The average molecular weight is 266 g/mol. The summed E-state index contributed by atoms with van der Waals surface area (Å²) in [6.07, 6.45) is 11.1. The zero-order valence-electron chi connectivity index (χ0n) is 11.9. The number of aliphatic hydroxyl groups excluding tert-OH is 1. The largest absolute Gasteiger partial charge is 0.481 e. The van der Waals surface area contributed by atoms with Crippen molar-refractivity contribution in [3.8, 4) is 11.8 Å². The Kier molecular flexibility index (Phi) is 12.3. The highest BCUT2D eigenvalue weighted by Gasteiger charge is 2.00. The minimum atomic E-state index is -0.756. The minimum absolute atomic E-state index is 0.211. The molecule has 0 rings (SSSR count). The van der Waals surface area contributed by atoms with Crippen molar-refractivity contribution in [2.75, 3.05) is 0 Å². The first-order valence-electron chi connectivity index (χ1n) is 7.22. The zero-order chi connectivity index (χ0) is 14.3. The second kappa shape index (κ2) is 13.2. The van der Waals surface area contributed by atoms with Crippen molar-refractivity contribution in [1.29, 1.82) is 0 Å². The van der Waals surface area contributed by atoms with Crippen molar-refractivity contribution in [2.24, 2.45) is 0 Å². The van der Waals surface area contributed by atoms with Crippen LogP contribution in [0.1, 0.15) is 64.7 Å². The van der Waals surface area contributed by atoms with E-state index in [2.05, 4.69) is 18.8 Å². The smallest absolute Gasteiger partial charge is 0.303 e. The Balaban J connectivity index is 3.52. The second-order valence-corrected chi connectivity index (χ2v) is 4.70. The number of carboxylic acid groups (broad SMARTS) is 1. The standard InChI is InChI=1S/C16H26O3/c1-2-3-4-5-6-7-9-12-15(17)13-10-8-11-14-16(18)19/h6-7,15,17H,2-5,8,10-11,13-14H2,1H3,(H,18,19)/b7-6+. The number of carbonyl (C=O) groups is 1. The maximum atomic E-state index is 10.3. The topological polar surface area (TPSA) is 57.5 Å². The quantitative estimate of drug-likeness (QED) is 0.470. The third kappa shape index (κ3) is 14.7. The van der Waals surface area contributed by atoms with Crippen molar-refractivity contribution >= 4 is 5.97 Å². The van der Waals surface area contributed by atoms with Gasteiger partial charge < -0.3 is 10.2 Å². The highest BCUT2D eigenvalue weighted by Crippen LogP contribution is 2.05. The number of aliphatic hydroxyl groups is 1. The Hall–Kier alpha value is -1.27. The van der Waals surface area contributed by atoms with Gasteiger partial charge in [0, 0.05) is 6.42 Å². The summed E-state index contributed by atoms with van der Waals surface area (Å²) in [5, 5.41) is 18.0. The Morgan fingerprint density at radius 1 is 1.21 bits per heavy atom. The van der Waals surface area contributed by atoms with Crippen molar-refractivity contribution in [1.82, 2.24) is 0 Å². The summed E-state index contributed by atoms with van der Waals surface area (Å²) >= 11 is 0. The van der Waals surface area contributed by atoms with Gasteiger partial charge in [0.15, 0.2) is 0 Å². The van der Waals surface area contributed by atoms with E-state index in [9.17, 15) is 9.90 Å². The molecule has 0 radical (unpaired) electrons.